The molecule has 0 aromatic carbocycles. The molecule has 1 nitrogen and oxygen atoms in total. The van der Waals surface area contributed by atoms with Crippen molar-refractivity contribution >= 4 is 0 Å². The summed E-state index contributed by atoms with van der Waals surface area (Å²) < 4.78 is 0. The SMILES string of the molecule is CCCCCCCC/C=C\CCCCCCCCCC(CCCCCCCCC)N(C)C. The van der Waals surface area contributed by atoms with Crippen LogP contribution in [0.3, 0.4) is 0 Å². The predicted octanol–water partition coefficient (Wildman–Crippen LogP) is 10.9. The Hall–Kier alpha value is -0.300. The molecular weight excluding hydrogens is 386 g/mol. The monoisotopic (exact) mass is 449 g/mol. The molecule has 0 fully saturated rings. The molecule has 0 saturated heterocycles. The molecule has 0 aliphatic carbocycles. The molecule has 0 spiro atoms. The summed E-state index contributed by atoms with van der Waals surface area (Å²) in [6, 6.07) is 0.814. The molecule has 0 bridgehead atoms. The van der Waals surface area contributed by atoms with Gasteiger partial charge in [0.25, 0.3) is 0 Å². The Morgan fingerprint density at radius 1 is 0.438 bits per heavy atom. The molecule has 0 saturated carbocycles. The molecule has 0 radical (unpaired) electrons. The first-order valence-corrected chi connectivity index (χ1v) is 15.0. The van der Waals surface area contributed by atoms with Crippen LogP contribution in [0.25, 0.3) is 0 Å². The van der Waals surface area contributed by atoms with Gasteiger partial charge in [0.1, 0.15) is 0 Å². The second-order valence-electron chi connectivity index (χ2n) is 10.6. The van der Waals surface area contributed by atoms with Gasteiger partial charge in [-0.2, -0.15) is 0 Å². The fraction of sp³-hybridized carbons (Fsp3) is 0.935. The summed E-state index contributed by atoms with van der Waals surface area (Å²) in [6.45, 7) is 4.60. The molecule has 1 heteroatoms. The van der Waals surface area contributed by atoms with E-state index >= 15 is 0 Å². The first kappa shape index (κ1) is 31.7. The van der Waals surface area contributed by atoms with Gasteiger partial charge in [0.2, 0.25) is 0 Å². The van der Waals surface area contributed by atoms with Gasteiger partial charge >= 0.3 is 0 Å². The molecule has 0 amide bonds. The number of allylic oxidation sites excluding steroid dienone is 2. The largest absolute Gasteiger partial charge is 0.306 e. The van der Waals surface area contributed by atoms with E-state index in [1.54, 1.807) is 0 Å². The van der Waals surface area contributed by atoms with E-state index < -0.39 is 0 Å². The zero-order chi connectivity index (χ0) is 23.5. The van der Waals surface area contributed by atoms with E-state index in [0.717, 1.165) is 6.04 Å². The second kappa shape index (κ2) is 26.9. The van der Waals surface area contributed by atoms with Gasteiger partial charge in [-0.05, 0) is 52.6 Å². The third-order valence-electron chi connectivity index (χ3n) is 7.17. The number of rotatable bonds is 26. The summed E-state index contributed by atoms with van der Waals surface area (Å²) in [6.07, 6.45) is 38.9. The topological polar surface area (TPSA) is 3.24 Å². The fourth-order valence-electron chi connectivity index (χ4n) is 4.80. The van der Waals surface area contributed by atoms with Crippen LogP contribution >= 0.6 is 0 Å². The number of hydrogen-bond acceptors (Lipinski definition) is 1. The summed E-state index contributed by atoms with van der Waals surface area (Å²) >= 11 is 0. The first-order chi connectivity index (χ1) is 15.7. The summed E-state index contributed by atoms with van der Waals surface area (Å²) in [5, 5.41) is 0. The van der Waals surface area contributed by atoms with Crippen molar-refractivity contribution < 1.29 is 0 Å². The molecule has 0 aliphatic rings. The highest BCUT2D eigenvalue weighted by Gasteiger charge is 2.10. The lowest BCUT2D eigenvalue weighted by Crippen LogP contribution is -2.27. The summed E-state index contributed by atoms with van der Waals surface area (Å²) in [7, 11) is 4.57. The van der Waals surface area contributed by atoms with Crippen LogP contribution in [0.4, 0.5) is 0 Å². The molecule has 0 aromatic rings. The third-order valence-corrected chi connectivity index (χ3v) is 7.17. The minimum Gasteiger partial charge on any atom is -0.306 e. The Labute approximate surface area is 205 Å². The van der Waals surface area contributed by atoms with Gasteiger partial charge in [0.15, 0.2) is 0 Å². The normalized spacial score (nSPS) is 12.9. The van der Waals surface area contributed by atoms with Crippen molar-refractivity contribution in [3.63, 3.8) is 0 Å². The van der Waals surface area contributed by atoms with Crippen LogP contribution in [-0.4, -0.2) is 25.0 Å². The average Bonchev–Trinajstić information content (AvgIpc) is 2.78. The average molecular weight is 450 g/mol. The second-order valence-corrected chi connectivity index (χ2v) is 10.6. The maximum Gasteiger partial charge on any atom is 0.00891 e. The maximum atomic E-state index is 2.48. The summed E-state index contributed by atoms with van der Waals surface area (Å²) in [5.41, 5.74) is 0. The highest BCUT2D eigenvalue weighted by molar-refractivity contribution is 4.81. The molecule has 32 heavy (non-hydrogen) atoms. The Kier molecular flexibility index (Phi) is 26.7. The summed E-state index contributed by atoms with van der Waals surface area (Å²) in [5.74, 6) is 0. The van der Waals surface area contributed by atoms with Gasteiger partial charge in [-0.15, -0.1) is 0 Å². The fourth-order valence-corrected chi connectivity index (χ4v) is 4.80. The lowest BCUT2D eigenvalue weighted by atomic mass is 9.99. The van der Waals surface area contributed by atoms with Crippen LogP contribution in [0.1, 0.15) is 168 Å². The van der Waals surface area contributed by atoms with Crippen molar-refractivity contribution in [3.05, 3.63) is 12.2 Å². The van der Waals surface area contributed by atoms with Crippen molar-refractivity contribution in [2.75, 3.05) is 14.1 Å². The van der Waals surface area contributed by atoms with Crippen LogP contribution in [0.5, 0.6) is 0 Å². The van der Waals surface area contributed by atoms with E-state index in [2.05, 4.69) is 45.0 Å². The van der Waals surface area contributed by atoms with Crippen LogP contribution in [0.15, 0.2) is 12.2 Å². The maximum absolute atomic E-state index is 2.48. The number of nitrogens with zero attached hydrogens (tertiary/aromatic N) is 1. The van der Waals surface area contributed by atoms with Gasteiger partial charge < -0.3 is 4.90 Å². The van der Waals surface area contributed by atoms with Crippen LogP contribution in [-0.2, 0) is 0 Å². The van der Waals surface area contributed by atoms with Gasteiger partial charge in [-0.1, -0.05) is 142 Å². The van der Waals surface area contributed by atoms with E-state index in [1.165, 1.54) is 154 Å². The van der Waals surface area contributed by atoms with Gasteiger partial charge in [-0.25, -0.2) is 0 Å². The first-order valence-electron chi connectivity index (χ1n) is 15.0. The Morgan fingerprint density at radius 2 is 0.750 bits per heavy atom. The van der Waals surface area contributed by atoms with Gasteiger partial charge in [0, 0.05) is 6.04 Å². The van der Waals surface area contributed by atoms with Crippen molar-refractivity contribution in [2.45, 2.75) is 174 Å². The number of unbranched alkanes of at least 4 members (excludes halogenated alkanes) is 19. The zero-order valence-corrected chi connectivity index (χ0v) is 23.1. The van der Waals surface area contributed by atoms with Crippen LogP contribution in [0, 0.1) is 0 Å². The van der Waals surface area contributed by atoms with Crippen molar-refractivity contribution in [3.8, 4) is 0 Å². The molecule has 1 unspecified atom stereocenters. The summed E-state index contributed by atoms with van der Waals surface area (Å²) in [4.78, 5) is 2.48. The minimum absolute atomic E-state index is 0.814. The Morgan fingerprint density at radius 3 is 1.09 bits per heavy atom. The Bertz CT molecular complexity index is 359. The third kappa shape index (κ3) is 24.3. The van der Waals surface area contributed by atoms with E-state index in [4.69, 9.17) is 0 Å². The standard InChI is InChI=1S/C31H63N/c1-5-7-9-11-13-14-15-16-17-18-19-20-21-22-24-26-28-30-31(32(3)4)29-27-25-23-12-10-8-6-2/h16-17,31H,5-15,18-30H2,1-4H3/b17-16-. The molecule has 1 atom stereocenters. The van der Waals surface area contributed by atoms with Gasteiger partial charge in [0.05, 0.1) is 0 Å². The smallest absolute Gasteiger partial charge is 0.00891 e. The highest BCUT2D eigenvalue weighted by atomic mass is 15.1. The van der Waals surface area contributed by atoms with Crippen LogP contribution < -0.4 is 0 Å². The van der Waals surface area contributed by atoms with E-state index in [0.29, 0.717) is 0 Å². The van der Waals surface area contributed by atoms with E-state index in [-0.39, 0.29) is 0 Å². The Balaban J connectivity index is 3.41. The lowest BCUT2D eigenvalue weighted by molar-refractivity contribution is 0.251. The molecule has 0 aromatic heterocycles. The molecular formula is C31H63N. The quantitative estimate of drug-likeness (QED) is 0.0937. The number of hydrogen-bond donors (Lipinski definition) is 0. The molecule has 192 valence electrons. The molecule has 0 heterocycles. The van der Waals surface area contributed by atoms with Crippen molar-refractivity contribution in [2.24, 2.45) is 0 Å². The minimum atomic E-state index is 0.814. The molecule has 0 rings (SSSR count). The van der Waals surface area contributed by atoms with E-state index in [1.807, 2.05) is 0 Å². The van der Waals surface area contributed by atoms with Crippen molar-refractivity contribution in [1.82, 2.24) is 4.90 Å². The molecule has 0 N–H and O–H groups in total. The van der Waals surface area contributed by atoms with E-state index in [9.17, 15) is 0 Å². The lowest BCUT2D eigenvalue weighted by Gasteiger charge is -2.24. The van der Waals surface area contributed by atoms with Gasteiger partial charge in [-0.3, -0.25) is 0 Å². The zero-order valence-electron chi connectivity index (χ0n) is 23.1. The highest BCUT2D eigenvalue weighted by Crippen LogP contribution is 2.17. The van der Waals surface area contributed by atoms with Crippen LogP contribution in [0.2, 0.25) is 0 Å². The molecule has 0 aliphatic heterocycles. The predicted molar refractivity (Wildman–Crippen MR) is 149 cm³/mol. The van der Waals surface area contributed by atoms with Crippen molar-refractivity contribution in [1.29, 1.82) is 0 Å².